The van der Waals surface area contributed by atoms with Crippen LogP contribution in [0.15, 0.2) is 30.9 Å². The van der Waals surface area contributed by atoms with Crippen molar-refractivity contribution in [1.82, 2.24) is 0 Å². The molecule has 2 aromatic carbocycles. The molecule has 0 amide bonds. The van der Waals surface area contributed by atoms with Gasteiger partial charge in [0.25, 0.3) is 0 Å². The number of fused-ring (bicyclic) bond motifs is 2. The Morgan fingerprint density at radius 1 is 0.968 bits per heavy atom. The van der Waals surface area contributed by atoms with Crippen molar-refractivity contribution in [2.45, 2.75) is 46.5 Å². The van der Waals surface area contributed by atoms with Gasteiger partial charge in [-0.25, -0.2) is 0 Å². The second-order valence-electron chi connectivity index (χ2n) is 8.24. The molecule has 31 heavy (non-hydrogen) atoms. The van der Waals surface area contributed by atoms with Crippen LogP contribution in [0.3, 0.4) is 0 Å². The van der Waals surface area contributed by atoms with Crippen LogP contribution in [-0.4, -0.2) is 13.2 Å². The monoisotopic (exact) mass is 434 g/mol. The zero-order valence-corrected chi connectivity index (χ0v) is 18.3. The molecule has 2 atom stereocenters. The van der Waals surface area contributed by atoms with E-state index < -0.39 is 17.5 Å². The molecule has 0 saturated carbocycles. The van der Waals surface area contributed by atoms with E-state index in [4.69, 9.17) is 14.2 Å². The number of rotatable bonds is 10. The van der Waals surface area contributed by atoms with E-state index in [2.05, 4.69) is 27.4 Å². The van der Waals surface area contributed by atoms with Gasteiger partial charge in [-0.2, -0.15) is 13.2 Å². The summed E-state index contributed by atoms with van der Waals surface area (Å²) in [6, 6.07) is 4.62. The molecule has 0 bridgehead atoms. The fourth-order valence-electron chi connectivity index (χ4n) is 3.47. The highest BCUT2D eigenvalue weighted by Gasteiger charge is 2.29. The Hall–Kier alpha value is -2.63. The summed E-state index contributed by atoms with van der Waals surface area (Å²) in [5.74, 6) is -2.80. The van der Waals surface area contributed by atoms with Crippen molar-refractivity contribution in [2.24, 2.45) is 11.8 Å². The summed E-state index contributed by atoms with van der Waals surface area (Å²) < 4.78 is 60.3. The van der Waals surface area contributed by atoms with Crippen LogP contribution in [0.25, 0.3) is 0 Å². The number of benzene rings is 2. The molecule has 0 N–H and O–H groups in total. The van der Waals surface area contributed by atoms with Crippen LogP contribution in [0.5, 0.6) is 23.0 Å². The van der Waals surface area contributed by atoms with Gasteiger partial charge in [0.2, 0.25) is 17.5 Å². The quantitative estimate of drug-likeness (QED) is 0.316. The summed E-state index contributed by atoms with van der Waals surface area (Å²) in [6.07, 6.45) is 4.84. The second-order valence-corrected chi connectivity index (χ2v) is 8.24. The smallest absolute Gasteiger partial charge is 0.207 e. The molecule has 1 aliphatic heterocycles. The highest BCUT2D eigenvalue weighted by atomic mass is 19.2. The highest BCUT2D eigenvalue weighted by Crippen LogP contribution is 2.44. The summed E-state index contributed by atoms with van der Waals surface area (Å²) in [5.41, 5.74) is 0.917. The first-order chi connectivity index (χ1) is 14.8. The van der Waals surface area contributed by atoms with Gasteiger partial charge in [-0.1, -0.05) is 52.3 Å². The Labute approximate surface area is 181 Å². The molecule has 0 aliphatic carbocycles. The Balaban J connectivity index is 1.75. The van der Waals surface area contributed by atoms with Gasteiger partial charge in [-0.3, -0.25) is 0 Å². The first-order valence-electron chi connectivity index (χ1n) is 10.7. The second kappa shape index (κ2) is 10.1. The van der Waals surface area contributed by atoms with Crippen LogP contribution in [0.4, 0.5) is 13.2 Å². The lowest BCUT2D eigenvalue weighted by Gasteiger charge is -2.23. The molecular weight excluding hydrogens is 405 g/mol. The third kappa shape index (κ3) is 5.17. The summed E-state index contributed by atoms with van der Waals surface area (Å²) in [6.45, 7) is 10.3. The van der Waals surface area contributed by atoms with Crippen molar-refractivity contribution >= 4 is 0 Å². The van der Waals surface area contributed by atoms with Crippen LogP contribution in [0, 0.1) is 29.3 Å². The van der Waals surface area contributed by atoms with E-state index in [0.29, 0.717) is 23.7 Å². The average molecular weight is 434 g/mol. The topological polar surface area (TPSA) is 27.7 Å². The average Bonchev–Trinajstić information content (AvgIpc) is 2.77. The molecule has 3 nitrogen and oxygen atoms in total. The molecule has 3 rings (SSSR count). The van der Waals surface area contributed by atoms with Crippen LogP contribution < -0.4 is 14.2 Å². The van der Waals surface area contributed by atoms with Crippen LogP contribution in [-0.2, 0) is 6.42 Å². The van der Waals surface area contributed by atoms with Gasteiger partial charge < -0.3 is 14.2 Å². The summed E-state index contributed by atoms with van der Waals surface area (Å²) in [7, 11) is 0. The summed E-state index contributed by atoms with van der Waals surface area (Å²) >= 11 is 0. The Morgan fingerprint density at radius 2 is 1.68 bits per heavy atom. The van der Waals surface area contributed by atoms with Crippen molar-refractivity contribution < 1.29 is 27.4 Å². The summed E-state index contributed by atoms with van der Waals surface area (Å²) in [4.78, 5) is 0. The lowest BCUT2D eigenvalue weighted by atomic mass is 9.97. The Morgan fingerprint density at radius 3 is 2.39 bits per heavy atom. The normalized spacial score (nSPS) is 14.1. The highest BCUT2D eigenvalue weighted by molar-refractivity contribution is 5.55. The molecule has 1 heterocycles. The summed E-state index contributed by atoms with van der Waals surface area (Å²) in [5, 5.41) is 0. The van der Waals surface area contributed by atoms with E-state index in [9.17, 15) is 8.78 Å². The maximum Gasteiger partial charge on any atom is 0.207 e. The molecule has 168 valence electrons. The largest absolute Gasteiger partial charge is 0.490 e. The van der Waals surface area contributed by atoms with E-state index in [0.717, 1.165) is 19.3 Å². The minimum absolute atomic E-state index is 0.0394. The number of ether oxygens (including phenoxy) is 3. The van der Waals surface area contributed by atoms with Gasteiger partial charge in [-0.05, 0) is 30.4 Å². The molecule has 0 spiro atoms. The van der Waals surface area contributed by atoms with Crippen molar-refractivity contribution in [3.05, 3.63) is 59.4 Å². The van der Waals surface area contributed by atoms with Gasteiger partial charge in [0.15, 0.2) is 23.0 Å². The van der Waals surface area contributed by atoms with Gasteiger partial charge in [0.05, 0.1) is 6.61 Å². The van der Waals surface area contributed by atoms with Gasteiger partial charge in [0.1, 0.15) is 6.61 Å². The SMILES string of the molecule is C=CCOc1cc2c(c(F)c1F)Oc1c(ccc(OCC(C)CCC(C)CC)c1F)C2. The zero-order valence-electron chi connectivity index (χ0n) is 18.3. The van der Waals surface area contributed by atoms with Crippen molar-refractivity contribution in [3.63, 3.8) is 0 Å². The van der Waals surface area contributed by atoms with Crippen LogP contribution in [0.2, 0.25) is 0 Å². The lowest BCUT2D eigenvalue weighted by Crippen LogP contribution is -2.13. The van der Waals surface area contributed by atoms with Gasteiger partial charge in [-0.15, -0.1) is 0 Å². The van der Waals surface area contributed by atoms with Gasteiger partial charge in [0, 0.05) is 17.5 Å². The molecule has 0 radical (unpaired) electrons. The first kappa shape index (κ1) is 23.0. The lowest BCUT2D eigenvalue weighted by molar-refractivity contribution is 0.231. The van der Waals surface area contributed by atoms with Crippen LogP contribution in [0.1, 0.15) is 51.2 Å². The first-order valence-corrected chi connectivity index (χ1v) is 10.7. The molecule has 0 aromatic heterocycles. The number of hydrogen-bond donors (Lipinski definition) is 0. The maximum absolute atomic E-state index is 15.0. The van der Waals surface area contributed by atoms with E-state index >= 15 is 4.39 Å². The maximum atomic E-state index is 15.0. The number of halogens is 3. The number of hydrogen-bond acceptors (Lipinski definition) is 3. The van der Waals surface area contributed by atoms with Crippen molar-refractivity contribution in [1.29, 1.82) is 0 Å². The fraction of sp³-hybridized carbons (Fsp3) is 0.440. The Bertz CT molecular complexity index is 942. The molecule has 1 aliphatic rings. The molecule has 2 aromatic rings. The standard InChI is InChI=1S/C25H29F3O3/c1-5-11-29-20-13-18-12-17-9-10-19(30-14-16(4)8-7-15(3)6-2)22(27)24(17)31-25(18)23(28)21(20)26/h5,9-10,13,15-16H,1,6-8,11-12,14H2,2-4H3. The van der Waals surface area contributed by atoms with Crippen molar-refractivity contribution in [3.8, 4) is 23.0 Å². The predicted molar refractivity (Wildman–Crippen MR) is 115 cm³/mol. The molecule has 0 saturated heterocycles. The fourth-order valence-corrected chi connectivity index (χ4v) is 3.47. The zero-order chi connectivity index (χ0) is 22.5. The van der Waals surface area contributed by atoms with E-state index in [-0.39, 0.29) is 41.9 Å². The Kier molecular flexibility index (Phi) is 7.52. The molecule has 6 heteroatoms. The van der Waals surface area contributed by atoms with Crippen LogP contribution >= 0.6 is 0 Å². The van der Waals surface area contributed by atoms with Gasteiger partial charge >= 0.3 is 0 Å². The third-order valence-corrected chi connectivity index (χ3v) is 5.66. The molecule has 2 unspecified atom stereocenters. The van der Waals surface area contributed by atoms with E-state index in [1.165, 1.54) is 12.1 Å². The minimum Gasteiger partial charge on any atom is -0.490 e. The van der Waals surface area contributed by atoms with Crippen molar-refractivity contribution in [2.75, 3.05) is 13.2 Å². The van der Waals surface area contributed by atoms with E-state index in [1.54, 1.807) is 12.1 Å². The van der Waals surface area contributed by atoms with E-state index in [1.807, 2.05) is 0 Å². The third-order valence-electron chi connectivity index (χ3n) is 5.66. The molecular formula is C25H29F3O3. The predicted octanol–water partition coefficient (Wildman–Crippen LogP) is 7.21. The minimum atomic E-state index is -1.20. The molecule has 0 fully saturated rings.